The summed E-state index contributed by atoms with van der Waals surface area (Å²) in [4.78, 5) is 8.04. The lowest BCUT2D eigenvalue weighted by Gasteiger charge is -2.01. The van der Waals surface area contributed by atoms with Crippen molar-refractivity contribution < 1.29 is 4.42 Å². The fraction of sp³-hybridized carbons (Fsp3) is 0. The molecule has 5 heteroatoms. The van der Waals surface area contributed by atoms with Crippen molar-refractivity contribution in [2.75, 3.05) is 5.43 Å². The van der Waals surface area contributed by atoms with E-state index in [2.05, 4.69) is 20.5 Å². The van der Waals surface area contributed by atoms with Crippen LogP contribution in [0.5, 0.6) is 0 Å². The Labute approximate surface area is 116 Å². The third-order valence-electron chi connectivity index (χ3n) is 2.68. The van der Waals surface area contributed by atoms with Crippen LogP contribution in [-0.2, 0) is 0 Å². The molecular formula is C15H12N4O. The number of hydrogen-bond donors (Lipinski definition) is 1. The Morgan fingerprint density at radius 2 is 2.00 bits per heavy atom. The smallest absolute Gasteiger partial charge is 0.181 e. The molecule has 3 aromatic rings. The summed E-state index contributed by atoms with van der Waals surface area (Å²) in [6.45, 7) is 0. The van der Waals surface area contributed by atoms with Crippen LogP contribution >= 0.6 is 0 Å². The monoisotopic (exact) mass is 264 g/mol. The predicted molar refractivity (Wildman–Crippen MR) is 77.4 cm³/mol. The molecule has 0 bridgehead atoms. The molecule has 0 aliphatic rings. The number of nitrogens with one attached hydrogen (secondary N) is 1. The van der Waals surface area contributed by atoms with Gasteiger partial charge in [-0.1, -0.05) is 6.07 Å². The van der Waals surface area contributed by atoms with Crippen molar-refractivity contribution in [2.45, 2.75) is 0 Å². The molecule has 0 aliphatic carbocycles. The molecule has 0 unspecified atom stereocenters. The molecule has 98 valence electrons. The first-order valence-electron chi connectivity index (χ1n) is 6.11. The first-order valence-corrected chi connectivity index (χ1v) is 6.11. The minimum Gasteiger partial charge on any atom is -0.444 e. The normalized spacial score (nSPS) is 10.8. The van der Waals surface area contributed by atoms with Crippen LogP contribution in [0.3, 0.4) is 0 Å². The molecule has 0 saturated heterocycles. The number of hydrazone groups is 1. The number of hydrogen-bond acceptors (Lipinski definition) is 5. The third kappa shape index (κ3) is 2.89. The summed E-state index contributed by atoms with van der Waals surface area (Å²) >= 11 is 0. The van der Waals surface area contributed by atoms with Gasteiger partial charge in [-0.15, -0.1) is 0 Å². The van der Waals surface area contributed by atoms with Crippen molar-refractivity contribution in [1.82, 2.24) is 9.97 Å². The Morgan fingerprint density at radius 1 is 1.10 bits per heavy atom. The molecule has 0 spiro atoms. The van der Waals surface area contributed by atoms with Crippen molar-refractivity contribution in [2.24, 2.45) is 5.10 Å². The van der Waals surface area contributed by atoms with E-state index in [1.165, 1.54) is 6.39 Å². The second kappa shape index (κ2) is 5.79. The Kier molecular flexibility index (Phi) is 3.51. The zero-order chi connectivity index (χ0) is 13.6. The lowest BCUT2D eigenvalue weighted by atomic mass is 10.2. The summed E-state index contributed by atoms with van der Waals surface area (Å²) in [5.41, 5.74) is 5.62. The standard InChI is InChI=1S/C15H12N4O/c1-2-8-17-14(3-1)9-18-19-13-6-4-12(5-7-13)15-10-16-11-20-15/h1-11,19H/b18-9+. The average Bonchev–Trinajstić information content (AvgIpc) is 3.03. The number of benzene rings is 1. The van der Waals surface area contributed by atoms with Gasteiger partial charge < -0.3 is 4.42 Å². The topological polar surface area (TPSA) is 63.3 Å². The molecule has 0 aliphatic heterocycles. The number of pyridine rings is 1. The summed E-state index contributed by atoms with van der Waals surface area (Å²) < 4.78 is 5.23. The quantitative estimate of drug-likeness (QED) is 0.580. The second-order valence-electron chi connectivity index (χ2n) is 4.07. The SMILES string of the molecule is C(=N\Nc1ccc(-c2cnco2)cc1)/c1ccccn1. The summed E-state index contributed by atoms with van der Waals surface area (Å²) in [5.74, 6) is 0.744. The van der Waals surface area contributed by atoms with E-state index >= 15 is 0 Å². The maximum absolute atomic E-state index is 5.23. The highest BCUT2D eigenvalue weighted by atomic mass is 16.3. The highest BCUT2D eigenvalue weighted by Crippen LogP contribution is 2.20. The molecule has 5 nitrogen and oxygen atoms in total. The van der Waals surface area contributed by atoms with Gasteiger partial charge in [0, 0.05) is 11.8 Å². The molecular weight excluding hydrogens is 252 g/mol. The van der Waals surface area contributed by atoms with Crippen LogP contribution in [0, 0.1) is 0 Å². The van der Waals surface area contributed by atoms with Crippen LogP contribution in [0.1, 0.15) is 5.69 Å². The van der Waals surface area contributed by atoms with Gasteiger partial charge >= 0.3 is 0 Å². The van der Waals surface area contributed by atoms with E-state index in [4.69, 9.17) is 4.42 Å². The molecule has 0 radical (unpaired) electrons. The van der Waals surface area contributed by atoms with Crippen molar-refractivity contribution in [3.63, 3.8) is 0 Å². The summed E-state index contributed by atoms with van der Waals surface area (Å²) in [6, 6.07) is 13.4. The second-order valence-corrected chi connectivity index (χ2v) is 4.07. The number of oxazole rings is 1. The number of anilines is 1. The Morgan fingerprint density at radius 3 is 2.70 bits per heavy atom. The molecule has 1 N–H and O–H groups in total. The fourth-order valence-electron chi connectivity index (χ4n) is 1.69. The fourth-order valence-corrected chi connectivity index (χ4v) is 1.69. The lowest BCUT2D eigenvalue weighted by molar-refractivity contribution is 0.572. The van der Waals surface area contributed by atoms with Crippen molar-refractivity contribution >= 4 is 11.9 Å². The van der Waals surface area contributed by atoms with Gasteiger partial charge in [0.1, 0.15) is 0 Å². The van der Waals surface area contributed by atoms with E-state index in [0.717, 1.165) is 22.7 Å². The molecule has 0 atom stereocenters. The predicted octanol–water partition coefficient (Wildman–Crippen LogP) is 3.18. The van der Waals surface area contributed by atoms with Crippen LogP contribution in [-0.4, -0.2) is 16.2 Å². The lowest BCUT2D eigenvalue weighted by Crippen LogP contribution is -1.92. The number of aromatic nitrogens is 2. The van der Waals surface area contributed by atoms with Crippen molar-refractivity contribution in [3.05, 3.63) is 66.9 Å². The minimum atomic E-state index is 0.744. The third-order valence-corrected chi connectivity index (χ3v) is 2.68. The first kappa shape index (κ1) is 12.1. The molecule has 0 amide bonds. The number of nitrogens with zero attached hydrogens (tertiary/aromatic N) is 3. The Bertz CT molecular complexity index is 676. The van der Waals surface area contributed by atoms with E-state index in [1.807, 2.05) is 42.5 Å². The van der Waals surface area contributed by atoms with E-state index < -0.39 is 0 Å². The zero-order valence-electron chi connectivity index (χ0n) is 10.6. The van der Waals surface area contributed by atoms with Gasteiger partial charge in [0.25, 0.3) is 0 Å². The van der Waals surface area contributed by atoms with Gasteiger partial charge in [-0.3, -0.25) is 10.4 Å². The first-order chi connectivity index (χ1) is 9.92. The van der Waals surface area contributed by atoms with Crippen LogP contribution in [0.2, 0.25) is 0 Å². The molecule has 20 heavy (non-hydrogen) atoms. The largest absolute Gasteiger partial charge is 0.444 e. The van der Waals surface area contributed by atoms with E-state index in [0.29, 0.717) is 0 Å². The van der Waals surface area contributed by atoms with E-state index in [9.17, 15) is 0 Å². The van der Waals surface area contributed by atoms with Crippen LogP contribution < -0.4 is 5.43 Å². The zero-order valence-corrected chi connectivity index (χ0v) is 10.6. The van der Waals surface area contributed by atoms with Gasteiger partial charge in [-0.2, -0.15) is 5.10 Å². The molecule has 2 aromatic heterocycles. The van der Waals surface area contributed by atoms with Crippen molar-refractivity contribution in [1.29, 1.82) is 0 Å². The van der Waals surface area contributed by atoms with E-state index in [1.54, 1.807) is 18.6 Å². The van der Waals surface area contributed by atoms with Crippen LogP contribution in [0.15, 0.2) is 70.8 Å². The highest BCUT2D eigenvalue weighted by Gasteiger charge is 2.00. The molecule has 3 rings (SSSR count). The molecule has 1 aromatic carbocycles. The van der Waals surface area contributed by atoms with E-state index in [-0.39, 0.29) is 0 Å². The van der Waals surface area contributed by atoms with Crippen LogP contribution in [0.4, 0.5) is 5.69 Å². The van der Waals surface area contributed by atoms with Gasteiger partial charge in [-0.05, 0) is 36.4 Å². The maximum Gasteiger partial charge on any atom is 0.181 e. The average molecular weight is 264 g/mol. The molecule has 2 heterocycles. The summed E-state index contributed by atoms with van der Waals surface area (Å²) in [7, 11) is 0. The summed E-state index contributed by atoms with van der Waals surface area (Å²) in [5, 5.41) is 4.13. The van der Waals surface area contributed by atoms with Gasteiger partial charge in [0.15, 0.2) is 12.2 Å². The van der Waals surface area contributed by atoms with Crippen LogP contribution in [0.25, 0.3) is 11.3 Å². The summed E-state index contributed by atoms with van der Waals surface area (Å²) in [6.07, 6.45) is 6.50. The maximum atomic E-state index is 5.23. The Hall–Kier alpha value is -2.95. The molecule has 0 fully saturated rings. The van der Waals surface area contributed by atoms with Crippen molar-refractivity contribution in [3.8, 4) is 11.3 Å². The highest BCUT2D eigenvalue weighted by molar-refractivity contribution is 5.77. The molecule has 0 saturated carbocycles. The van der Waals surface area contributed by atoms with Gasteiger partial charge in [-0.25, -0.2) is 4.98 Å². The number of rotatable bonds is 4. The minimum absolute atomic E-state index is 0.744. The van der Waals surface area contributed by atoms with Gasteiger partial charge in [0.2, 0.25) is 0 Å². The Balaban J connectivity index is 1.65. The van der Waals surface area contributed by atoms with Gasteiger partial charge in [0.05, 0.1) is 23.8 Å².